The summed E-state index contributed by atoms with van der Waals surface area (Å²) in [5.74, 6) is 0.649. The Labute approximate surface area is 107 Å². The van der Waals surface area contributed by atoms with Crippen LogP contribution < -0.4 is 10.1 Å². The highest BCUT2D eigenvalue weighted by Gasteiger charge is 2.03. The molecule has 0 aliphatic rings. The van der Waals surface area contributed by atoms with Crippen molar-refractivity contribution < 1.29 is 9.66 Å². The summed E-state index contributed by atoms with van der Waals surface area (Å²) in [7, 11) is 0. The van der Waals surface area contributed by atoms with E-state index in [9.17, 15) is 10.1 Å². The molecule has 1 aromatic rings. The zero-order valence-corrected chi connectivity index (χ0v) is 10.5. The van der Waals surface area contributed by atoms with Crippen LogP contribution in [0.5, 0.6) is 5.75 Å². The first kappa shape index (κ1) is 14.2. The average Bonchev–Trinajstić information content (AvgIpc) is 2.38. The second kappa shape index (κ2) is 8.25. The zero-order valence-electron chi connectivity index (χ0n) is 10.5. The number of non-ortho nitro benzene ring substituents is 1. The van der Waals surface area contributed by atoms with Crippen molar-refractivity contribution >= 4 is 5.69 Å². The van der Waals surface area contributed by atoms with Gasteiger partial charge in [-0.05, 0) is 32.0 Å². The summed E-state index contributed by atoms with van der Waals surface area (Å²) in [4.78, 5) is 10.0. The predicted molar refractivity (Wildman–Crippen MR) is 70.9 cm³/mol. The second-order valence-corrected chi connectivity index (χ2v) is 3.71. The van der Waals surface area contributed by atoms with Gasteiger partial charge in [-0.25, -0.2) is 0 Å². The van der Waals surface area contributed by atoms with Gasteiger partial charge < -0.3 is 10.1 Å². The van der Waals surface area contributed by atoms with E-state index in [2.05, 4.69) is 11.4 Å². The van der Waals surface area contributed by atoms with E-state index in [4.69, 9.17) is 4.74 Å². The fraction of sp³-hybridized carbons (Fsp3) is 0.385. The molecule has 1 aromatic carbocycles. The zero-order chi connectivity index (χ0) is 13.2. The summed E-state index contributed by atoms with van der Waals surface area (Å²) in [6.07, 6.45) is 5.13. The summed E-state index contributed by atoms with van der Waals surface area (Å²) in [5.41, 5.74) is 0.0758. The summed E-state index contributed by atoms with van der Waals surface area (Å²) < 4.78 is 5.44. The van der Waals surface area contributed by atoms with Crippen molar-refractivity contribution in [2.75, 3.05) is 19.7 Å². The predicted octanol–water partition coefficient (Wildman–Crippen LogP) is 2.53. The van der Waals surface area contributed by atoms with E-state index >= 15 is 0 Å². The van der Waals surface area contributed by atoms with Gasteiger partial charge in [0.05, 0.1) is 4.92 Å². The number of nitro benzene ring substituents is 1. The van der Waals surface area contributed by atoms with Gasteiger partial charge in [0.2, 0.25) is 0 Å². The van der Waals surface area contributed by atoms with E-state index < -0.39 is 4.92 Å². The van der Waals surface area contributed by atoms with E-state index in [1.165, 1.54) is 12.1 Å². The number of allylic oxidation sites excluding steroid dienone is 1. The minimum absolute atomic E-state index is 0.0758. The lowest BCUT2D eigenvalue weighted by molar-refractivity contribution is -0.384. The van der Waals surface area contributed by atoms with Gasteiger partial charge in [0.15, 0.2) is 0 Å². The quantitative estimate of drug-likeness (QED) is 0.333. The summed E-state index contributed by atoms with van der Waals surface area (Å²) in [6, 6.07) is 6.10. The molecular formula is C13H18N2O3. The van der Waals surface area contributed by atoms with Gasteiger partial charge in [-0.2, -0.15) is 0 Å². The number of nitrogens with zero attached hydrogens (tertiary/aromatic N) is 1. The second-order valence-electron chi connectivity index (χ2n) is 3.71. The van der Waals surface area contributed by atoms with E-state index in [-0.39, 0.29) is 5.69 Å². The van der Waals surface area contributed by atoms with Gasteiger partial charge in [-0.3, -0.25) is 10.1 Å². The Kier molecular flexibility index (Phi) is 6.50. The molecule has 5 heteroatoms. The molecule has 0 atom stereocenters. The first-order valence-corrected chi connectivity index (χ1v) is 5.93. The first-order valence-electron chi connectivity index (χ1n) is 5.93. The lowest BCUT2D eigenvalue weighted by atomic mass is 10.3. The Bertz CT molecular complexity index is 388. The van der Waals surface area contributed by atoms with E-state index in [0.29, 0.717) is 12.4 Å². The van der Waals surface area contributed by atoms with Gasteiger partial charge in [-0.1, -0.05) is 12.2 Å². The molecule has 0 amide bonds. The third kappa shape index (κ3) is 5.45. The van der Waals surface area contributed by atoms with Crippen LogP contribution in [0.15, 0.2) is 36.4 Å². The Morgan fingerprint density at radius 2 is 2.06 bits per heavy atom. The van der Waals surface area contributed by atoms with Gasteiger partial charge in [0, 0.05) is 18.7 Å². The maximum atomic E-state index is 10.4. The van der Waals surface area contributed by atoms with Gasteiger partial charge in [0.1, 0.15) is 12.4 Å². The van der Waals surface area contributed by atoms with E-state index in [0.717, 1.165) is 19.5 Å². The molecule has 0 aromatic heterocycles. The monoisotopic (exact) mass is 250 g/mol. The third-order valence-electron chi connectivity index (χ3n) is 2.32. The Morgan fingerprint density at radius 3 is 2.67 bits per heavy atom. The number of benzene rings is 1. The largest absolute Gasteiger partial charge is 0.492 e. The summed E-state index contributed by atoms with van der Waals surface area (Å²) >= 11 is 0. The van der Waals surface area contributed by atoms with E-state index in [1.807, 2.05) is 13.0 Å². The molecule has 0 aliphatic heterocycles. The number of hydrogen-bond acceptors (Lipinski definition) is 4. The van der Waals surface area contributed by atoms with Crippen LogP contribution in [0.2, 0.25) is 0 Å². The normalized spacial score (nSPS) is 10.7. The van der Waals surface area contributed by atoms with Crippen LogP contribution in [-0.2, 0) is 0 Å². The van der Waals surface area contributed by atoms with Crippen LogP contribution >= 0.6 is 0 Å². The molecule has 0 aliphatic carbocycles. The molecule has 0 saturated heterocycles. The Balaban J connectivity index is 2.17. The highest BCUT2D eigenvalue weighted by Crippen LogP contribution is 2.16. The minimum Gasteiger partial charge on any atom is -0.492 e. The van der Waals surface area contributed by atoms with Crippen molar-refractivity contribution in [1.82, 2.24) is 5.32 Å². The Morgan fingerprint density at radius 1 is 1.33 bits per heavy atom. The maximum absolute atomic E-state index is 10.4. The fourth-order valence-corrected chi connectivity index (χ4v) is 1.38. The number of nitrogens with one attached hydrogen (secondary N) is 1. The van der Waals surface area contributed by atoms with Crippen LogP contribution in [0.4, 0.5) is 5.69 Å². The molecule has 0 unspecified atom stereocenters. The third-order valence-corrected chi connectivity index (χ3v) is 2.32. The fourth-order valence-electron chi connectivity index (χ4n) is 1.38. The number of rotatable bonds is 8. The highest BCUT2D eigenvalue weighted by molar-refractivity contribution is 5.35. The minimum atomic E-state index is -0.424. The first-order chi connectivity index (χ1) is 8.74. The summed E-state index contributed by atoms with van der Waals surface area (Å²) in [6.45, 7) is 4.23. The highest BCUT2D eigenvalue weighted by atomic mass is 16.6. The standard InChI is InChI=1S/C13H18N2O3/c1-2-3-4-9-14-10-11-18-13-7-5-12(6-8-13)15(16)17/h2-3,5-8,14H,4,9-11H2,1H3/b3-2+. The lowest BCUT2D eigenvalue weighted by Gasteiger charge is -2.06. The van der Waals surface area contributed by atoms with Crippen molar-refractivity contribution in [3.63, 3.8) is 0 Å². The van der Waals surface area contributed by atoms with Crippen molar-refractivity contribution in [3.05, 3.63) is 46.5 Å². The summed E-state index contributed by atoms with van der Waals surface area (Å²) in [5, 5.41) is 13.7. The SMILES string of the molecule is C/C=C/CCNCCOc1ccc([N+](=O)[O-])cc1. The molecular weight excluding hydrogens is 232 g/mol. The molecule has 18 heavy (non-hydrogen) atoms. The van der Waals surface area contributed by atoms with Crippen molar-refractivity contribution in [2.45, 2.75) is 13.3 Å². The van der Waals surface area contributed by atoms with Crippen LogP contribution in [0.1, 0.15) is 13.3 Å². The lowest BCUT2D eigenvalue weighted by Crippen LogP contribution is -2.21. The van der Waals surface area contributed by atoms with Gasteiger partial charge in [0.25, 0.3) is 5.69 Å². The molecule has 5 nitrogen and oxygen atoms in total. The molecule has 0 radical (unpaired) electrons. The molecule has 0 fully saturated rings. The smallest absolute Gasteiger partial charge is 0.269 e. The molecule has 0 bridgehead atoms. The average molecular weight is 250 g/mol. The van der Waals surface area contributed by atoms with Crippen LogP contribution in [0.25, 0.3) is 0 Å². The van der Waals surface area contributed by atoms with Crippen molar-refractivity contribution in [3.8, 4) is 5.75 Å². The van der Waals surface area contributed by atoms with Crippen molar-refractivity contribution in [1.29, 1.82) is 0 Å². The molecule has 0 heterocycles. The molecule has 1 rings (SSSR count). The van der Waals surface area contributed by atoms with Crippen LogP contribution in [0.3, 0.4) is 0 Å². The van der Waals surface area contributed by atoms with Crippen LogP contribution in [0, 0.1) is 10.1 Å². The molecule has 0 spiro atoms. The van der Waals surface area contributed by atoms with E-state index in [1.54, 1.807) is 12.1 Å². The molecule has 98 valence electrons. The topological polar surface area (TPSA) is 64.4 Å². The van der Waals surface area contributed by atoms with Crippen molar-refractivity contribution in [2.24, 2.45) is 0 Å². The number of nitro groups is 1. The Hall–Kier alpha value is -1.88. The molecule has 1 N–H and O–H groups in total. The molecule has 0 saturated carbocycles. The number of ether oxygens (including phenoxy) is 1. The number of hydrogen-bond donors (Lipinski definition) is 1. The van der Waals surface area contributed by atoms with Crippen LogP contribution in [-0.4, -0.2) is 24.6 Å². The van der Waals surface area contributed by atoms with Gasteiger partial charge in [-0.15, -0.1) is 0 Å². The van der Waals surface area contributed by atoms with Gasteiger partial charge >= 0.3 is 0 Å². The maximum Gasteiger partial charge on any atom is 0.269 e.